The smallest absolute Gasteiger partial charge is 0.247 e. The number of aromatic nitrogens is 3. The van der Waals surface area contributed by atoms with Crippen LogP contribution in [0, 0.1) is 5.82 Å². The molecule has 2 aromatic carbocycles. The number of ether oxygens (including phenoxy) is 1. The van der Waals surface area contributed by atoms with Gasteiger partial charge in [0.05, 0.1) is 5.69 Å². The molecule has 6 nitrogen and oxygen atoms in total. The van der Waals surface area contributed by atoms with Gasteiger partial charge in [0.15, 0.2) is 5.69 Å². The standard InChI is InChI=1S/C20H17FN4O2S/c1-3-28-20-22-18-17(23-24-20)15-9-4-5-10-16(15)25(12(2)26)19(27-18)13-7-6-8-14(21)11-13/h4-11,19H,3H2,1-2H3/t19-/m1/s1. The van der Waals surface area contributed by atoms with Crippen LogP contribution in [-0.4, -0.2) is 26.8 Å². The second-order valence-corrected chi connectivity index (χ2v) is 7.34. The fourth-order valence-corrected chi connectivity index (χ4v) is 3.62. The third kappa shape index (κ3) is 3.31. The Morgan fingerprint density at radius 1 is 1.21 bits per heavy atom. The van der Waals surface area contributed by atoms with E-state index in [1.54, 1.807) is 18.2 Å². The molecule has 0 spiro atoms. The number of para-hydroxylation sites is 1. The number of nitrogens with zero attached hydrogens (tertiary/aromatic N) is 4. The van der Waals surface area contributed by atoms with Gasteiger partial charge in [-0.25, -0.2) is 4.39 Å². The lowest BCUT2D eigenvalue weighted by molar-refractivity contribution is -0.118. The summed E-state index contributed by atoms with van der Waals surface area (Å²) in [7, 11) is 0. The Hall–Kier alpha value is -3.00. The molecule has 0 bridgehead atoms. The van der Waals surface area contributed by atoms with Crippen molar-refractivity contribution < 1.29 is 13.9 Å². The van der Waals surface area contributed by atoms with Crippen LogP contribution < -0.4 is 9.64 Å². The molecule has 0 saturated heterocycles. The summed E-state index contributed by atoms with van der Waals surface area (Å²) in [6, 6.07) is 13.3. The fraction of sp³-hybridized carbons (Fsp3) is 0.200. The molecule has 8 heteroatoms. The molecule has 1 aliphatic rings. The Morgan fingerprint density at radius 3 is 2.79 bits per heavy atom. The second kappa shape index (κ2) is 7.55. The average Bonchev–Trinajstić information content (AvgIpc) is 2.82. The zero-order valence-electron chi connectivity index (χ0n) is 15.3. The molecule has 0 saturated carbocycles. The highest BCUT2D eigenvalue weighted by Gasteiger charge is 2.34. The van der Waals surface area contributed by atoms with Gasteiger partial charge < -0.3 is 4.74 Å². The summed E-state index contributed by atoms with van der Waals surface area (Å²) in [5.74, 6) is 0.386. The summed E-state index contributed by atoms with van der Waals surface area (Å²) in [6.07, 6.45) is -0.883. The van der Waals surface area contributed by atoms with Crippen molar-refractivity contribution in [2.45, 2.75) is 25.2 Å². The van der Waals surface area contributed by atoms with Crippen molar-refractivity contribution >= 4 is 23.4 Å². The van der Waals surface area contributed by atoms with E-state index in [4.69, 9.17) is 4.74 Å². The average molecular weight is 396 g/mol. The molecule has 4 rings (SSSR count). The van der Waals surface area contributed by atoms with Crippen molar-refractivity contribution in [3.63, 3.8) is 0 Å². The summed E-state index contributed by atoms with van der Waals surface area (Å²) >= 11 is 1.44. The normalized spacial score (nSPS) is 15.2. The van der Waals surface area contributed by atoms with E-state index >= 15 is 0 Å². The molecule has 1 aliphatic heterocycles. The van der Waals surface area contributed by atoms with Gasteiger partial charge in [-0.05, 0) is 24.0 Å². The number of halogens is 1. The van der Waals surface area contributed by atoms with Gasteiger partial charge in [0, 0.05) is 18.1 Å². The molecular formula is C20H17FN4O2S. The van der Waals surface area contributed by atoms with Crippen LogP contribution in [-0.2, 0) is 4.79 Å². The number of amides is 1. The number of hydrogen-bond acceptors (Lipinski definition) is 6. The van der Waals surface area contributed by atoms with Gasteiger partial charge in [0.2, 0.25) is 23.2 Å². The van der Waals surface area contributed by atoms with Gasteiger partial charge in [-0.3, -0.25) is 9.69 Å². The molecule has 0 N–H and O–H groups in total. The summed E-state index contributed by atoms with van der Waals surface area (Å²) < 4.78 is 20.1. The van der Waals surface area contributed by atoms with Crippen molar-refractivity contribution in [2.24, 2.45) is 0 Å². The minimum Gasteiger partial charge on any atom is -0.447 e. The predicted molar refractivity (Wildman–Crippen MR) is 105 cm³/mol. The van der Waals surface area contributed by atoms with Crippen LogP contribution in [0.5, 0.6) is 5.88 Å². The van der Waals surface area contributed by atoms with Crippen LogP contribution in [0.1, 0.15) is 25.6 Å². The number of carbonyl (C=O) groups is 1. The number of hydrogen-bond donors (Lipinski definition) is 0. The molecule has 1 atom stereocenters. The number of thioether (sulfide) groups is 1. The van der Waals surface area contributed by atoms with Gasteiger partial charge in [-0.1, -0.05) is 49.0 Å². The minimum atomic E-state index is -0.883. The molecule has 1 aromatic heterocycles. The van der Waals surface area contributed by atoms with E-state index in [1.165, 1.54) is 35.7 Å². The Morgan fingerprint density at radius 2 is 2.04 bits per heavy atom. The summed E-state index contributed by atoms with van der Waals surface area (Å²) in [5, 5.41) is 8.95. The minimum absolute atomic E-state index is 0.245. The largest absolute Gasteiger partial charge is 0.447 e. The molecule has 2 heterocycles. The molecule has 1 amide bonds. The van der Waals surface area contributed by atoms with Crippen LogP contribution in [0.25, 0.3) is 11.3 Å². The zero-order chi connectivity index (χ0) is 19.7. The second-order valence-electron chi connectivity index (χ2n) is 6.11. The highest BCUT2D eigenvalue weighted by molar-refractivity contribution is 7.99. The quantitative estimate of drug-likeness (QED) is 0.617. The van der Waals surface area contributed by atoms with Crippen molar-refractivity contribution in [3.8, 4) is 17.1 Å². The van der Waals surface area contributed by atoms with E-state index in [0.717, 1.165) is 5.75 Å². The Labute approximate surface area is 165 Å². The van der Waals surface area contributed by atoms with E-state index in [1.807, 2.05) is 25.1 Å². The van der Waals surface area contributed by atoms with Gasteiger partial charge in [-0.2, -0.15) is 4.98 Å². The Balaban J connectivity index is 1.95. The third-order valence-corrected chi connectivity index (χ3v) is 4.98. The van der Waals surface area contributed by atoms with E-state index in [9.17, 15) is 9.18 Å². The molecular weight excluding hydrogens is 379 g/mol. The van der Waals surface area contributed by atoms with Crippen molar-refractivity contribution in [2.75, 3.05) is 10.7 Å². The summed E-state index contributed by atoms with van der Waals surface area (Å²) in [6.45, 7) is 3.43. The SMILES string of the molecule is CCSc1nnc2c(n1)O[C@H](c1cccc(F)c1)N(C(C)=O)c1ccccc1-2. The molecule has 142 valence electrons. The maximum absolute atomic E-state index is 13.9. The maximum Gasteiger partial charge on any atom is 0.247 e. The number of anilines is 1. The molecule has 0 radical (unpaired) electrons. The first-order valence-electron chi connectivity index (χ1n) is 8.77. The van der Waals surface area contributed by atoms with Crippen LogP contribution in [0.15, 0.2) is 53.7 Å². The van der Waals surface area contributed by atoms with Crippen LogP contribution in [0.3, 0.4) is 0 Å². The summed E-state index contributed by atoms with van der Waals surface area (Å²) in [4.78, 5) is 18.6. The molecule has 3 aromatic rings. The number of rotatable bonds is 3. The summed E-state index contributed by atoms with van der Waals surface area (Å²) in [5.41, 5.74) is 2.23. The van der Waals surface area contributed by atoms with Gasteiger partial charge in [0.25, 0.3) is 0 Å². The van der Waals surface area contributed by atoms with Gasteiger partial charge in [-0.15, -0.1) is 10.2 Å². The highest BCUT2D eigenvalue weighted by atomic mass is 32.2. The Bertz CT molecular complexity index is 1050. The molecule has 0 unspecified atom stereocenters. The fourth-order valence-electron chi connectivity index (χ4n) is 3.12. The molecule has 28 heavy (non-hydrogen) atoms. The van der Waals surface area contributed by atoms with E-state index in [-0.39, 0.29) is 11.8 Å². The number of benzene rings is 2. The number of fused-ring (bicyclic) bond motifs is 3. The molecule has 0 aliphatic carbocycles. The van der Waals surface area contributed by atoms with Crippen LogP contribution in [0.2, 0.25) is 0 Å². The van der Waals surface area contributed by atoms with Crippen LogP contribution >= 0.6 is 11.8 Å². The first-order valence-corrected chi connectivity index (χ1v) is 9.76. The van der Waals surface area contributed by atoms with E-state index < -0.39 is 12.0 Å². The van der Waals surface area contributed by atoms with Crippen molar-refractivity contribution in [1.82, 2.24) is 15.2 Å². The third-order valence-electron chi connectivity index (χ3n) is 4.26. The lowest BCUT2D eigenvalue weighted by Crippen LogP contribution is -2.36. The predicted octanol–water partition coefficient (Wildman–Crippen LogP) is 4.23. The van der Waals surface area contributed by atoms with Crippen molar-refractivity contribution in [1.29, 1.82) is 0 Å². The Kier molecular flexibility index (Phi) is 4.95. The highest BCUT2D eigenvalue weighted by Crippen LogP contribution is 2.43. The maximum atomic E-state index is 13.9. The lowest BCUT2D eigenvalue weighted by Gasteiger charge is -2.29. The lowest BCUT2D eigenvalue weighted by atomic mass is 10.1. The van der Waals surface area contributed by atoms with Gasteiger partial charge in [0.1, 0.15) is 5.82 Å². The molecule has 0 fully saturated rings. The van der Waals surface area contributed by atoms with Gasteiger partial charge >= 0.3 is 0 Å². The van der Waals surface area contributed by atoms with Crippen molar-refractivity contribution in [3.05, 3.63) is 59.9 Å². The van der Waals surface area contributed by atoms with Crippen LogP contribution in [0.4, 0.5) is 10.1 Å². The van der Waals surface area contributed by atoms with E-state index in [2.05, 4.69) is 15.2 Å². The van der Waals surface area contributed by atoms with E-state index in [0.29, 0.717) is 27.7 Å². The first kappa shape index (κ1) is 18.4. The number of carbonyl (C=O) groups excluding carboxylic acids is 1. The monoisotopic (exact) mass is 396 g/mol. The topological polar surface area (TPSA) is 68.2 Å². The first-order chi connectivity index (χ1) is 13.6. The zero-order valence-corrected chi connectivity index (χ0v) is 16.1.